The van der Waals surface area contributed by atoms with Gasteiger partial charge in [0.15, 0.2) is 0 Å². The molecule has 0 aliphatic heterocycles. The first-order valence-electron chi connectivity index (χ1n) is 10.5. The Morgan fingerprint density at radius 3 is 2.63 bits per heavy atom. The summed E-state index contributed by atoms with van der Waals surface area (Å²) < 4.78 is 8.43. The Balaban J connectivity index is 1.89. The number of rotatable bonds is 6. The van der Waals surface area contributed by atoms with Gasteiger partial charge in [-0.05, 0) is 60.0 Å². The van der Waals surface area contributed by atoms with E-state index in [9.17, 15) is 9.90 Å². The van der Waals surface area contributed by atoms with Crippen molar-refractivity contribution in [1.29, 1.82) is 0 Å². The Kier molecular flexibility index (Phi) is 6.74. The van der Waals surface area contributed by atoms with Crippen LogP contribution in [0.1, 0.15) is 61.1 Å². The van der Waals surface area contributed by atoms with E-state index in [1.807, 2.05) is 31.2 Å². The molecule has 158 valence electrons. The zero-order valence-electron chi connectivity index (χ0n) is 17.1. The van der Waals surface area contributed by atoms with E-state index < -0.39 is 0 Å². The number of fused-ring (bicyclic) bond motifs is 1. The Bertz CT molecular complexity index is 1040. The van der Waals surface area contributed by atoms with Gasteiger partial charge in [0.1, 0.15) is 5.75 Å². The second-order valence-electron chi connectivity index (χ2n) is 7.63. The molecule has 1 aliphatic rings. The standard InChI is InChI=1S/C24H26BrNO3S/c1-2-29-24(28)23-18-13-22(27)19(25)14-20(18)26(16-9-5-3-6-10-16)21(23)15-30-17-11-7-4-8-12-17/h4,7-8,11-14,16,27H,2-3,5-6,9-10,15H2,1H3. The molecule has 1 saturated carbocycles. The topological polar surface area (TPSA) is 51.5 Å². The van der Waals surface area contributed by atoms with Crippen LogP contribution in [0.25, 0.3) is 10.9 Å². The molecule has 0 saturated heterocycles. The predicted molar refractivity (Wildman–Crippen MR) is 125 cm³/mol. The van der Waals surface area contributed by atoms with Crippen LogP contribution in [0.4, 0.5) is 0 Å². The van der Waals surface area contributed by atoms with Crippen molar-refractivity contribution in [3.63, 3.8) is 0 Å². The van der Waals surface area contributed by atoms with Crippen molar-refractivity contribution in [2.24, 2.45) is 0 Å². The number of ether oxygens (including phenoxy) is 1. The summed E-state index contributed by atoms with van der Waals surface area (Å²) in [5.41, 5.74) is 2.56. The lowest BCUT2D eigenvalue weighted by Gasteiger charge is -2.27. The van der Waals surface area contributed by atoms with Crippen LogP contribution in [0.15, 0.2) is 51.8 Å². The second-order valence-corrected chi connectivity index (χ2v) is 9.53. The third kappa shape index (κ3) is 4.26. The summed E-state index contributed by atoms with van der Waals surface area (Å²) in [5, 5.41) is 11.1. The van der Waals surface area contributed by atoms with Gasteiger partial charge in [-0.25, -0.2) is 4.79 Å². The SMILES string of the molecule is CCOC(=O)c1c(CSc2ccccc2)n(C2CCCCC2)c2cc(Br)c(O)cc12. The number of halogens is 1. The Morgan fingerprint density at radius 1 is 1.20 bits per heavy atom. The number of hydrogen-bond acceptors (Lipinski definition) is 4. The molecule has 0 bridgehead atoms. The van der Waals surface area contributed by atoms with Crippen LogP contribution in [0, 0.1) is 0 Å². The maximum absolute atomic E-state index is 13.0. The molecule has 3 aromatic rings. The van der Waals surface area contributed by atoms with Crippen molar-refractivity contribution in [1.82, 2.24) is 4.57 Å². The fourth-order valence-electron chi connectivity index (χ4n) is 4.37. The van der Waals surface area contributed by atoms with Gasteiger partial charge >= 0.3 is 5.97 Å². The van der Waals surface area contributed by atoms with E-state index in [1.54, 1.807) is 17.8 Å². The molecular weight excluding hydrogens is 462 g/mol. The van der Waals surface area contributed by atoms with E-state index in [1.165, 1.54) is 19.3 Å². The van der Waals surface area contributed by atoms with Gasteiger partial charge in [-0.3, -0.25) is 0 Å². The highest BCUT2D eigenvalue weighted by Gasteiger charge is 2.29. The van der Waals surface area contributed by atoms with Crippen molar-refractivity contribution in [3.8, 4) is 5.75 Å². The maximum atomic E-state index is 13.0. The van der Waals surface area contributed by atoms with Gasteiger partial charge in [0, 0.05) is 27.8 Å². The van der Waals surface area contributed by atoms with Crippen LogP contribution < -0.4 is 0 Å². The van der Waals surface area contributed by atoms with Gasteiger partial charge in [0.2, 0.25) is 0 Å². The molecule has 0 atom stereocenters. The zero-order chi connectivity index (χ0) is 21.1. The van der Waals surface area contributed by atoms with Crippen LogP contribution >= 0.6 is 27.7 Å². The highest BCUT2D eigenvalue weighted by molar-refractivity contribution is 9.10. The highest BCUT2D eigenvalue weighted by Crippen LogP contribution is 2.41. The number of nitrogens with zero attached hydrogens (tertiary/aromatic N) is 1. The minimum atomic E-state index is -0.317. The van der Waals surface area contributed by atoms with Crippen molar-refractivity contribution < 1.29 is 14.6 Å². The number of esters is 1. The summed E-state index contributed by atoms with van der Waals surface area (Å²) in [7, 11) is 0. The van der Waals surface area contributed by atoms with E-state index in [4.69, 9.17) is 4.74 Å². The number of carbonyl (C=O) groups excluding carboxylic acids is 1. The Labute approximate surface area is 189 Å². The fourth-order valence-corrected chi connectivity index (χ4v) is 5.64. The van der Waals surface area contributed by atoms with Gasteiger partial charge in [-0.2, -0.15) is 0 Å². The molecule has 0 unspecified atom stereocenters. The van der Waals surface area contributed by atoms with E-state index in [2.05, 4.69) is 32.6 Å². The molecule has 1 N–H and O–H groups in total. The minimum absolute atomic E-state index is 0.135. The molecule has 30 heavy (non-hydrogen) atoms. The average Bonchev–Trinajstić information content (AvgIpc) is 3.07. The molecule has 0 spiro atoms. The highest BCUT2D eigenvalue weighted by atomic mass is 79.9. The lowest BCUT2D eigenvalue weighted by atomic mass is 9.95. The van der Waals surface area contributed by atoms with Crippen LogP contribution in [-0.4, -0.2) is 22.2 Å². The molecule has 0 amide bonds. The number of benzene rings is 2. The quantitative estimate of drug-likeness (QED) is 0.298. The second kappa shape index (κ2) is 9.48. The maximum Gasteiger partial charge on any atom is 0.340 e. The smallest absolute Gasteiger partial charge is 0.340 e. The Morgan fingerprint density at radius 2 is 1.93 bits per heavy atom. The average molecular weight is 488 g/mol. The van der Waals surface area contributed by atoms with Gasteiger partial charge in [-0.1, -0.05) is 37.5 Å². The number of hydrogen-bond donors (Lipinski definition) is 1. The van der Waals surface area contributed by atoms with E-state index in [0.29, 0.717) is 28.4 Å². The first kappa shape index (κ1) is 21.3. The van der Waals surface area contributed by atoms with E-state index in [0.717, 1.165) is 34.3 Å². The summed E-state index contributed by atoms with van der Waals surface area (Å²) in [5.74, 6) is 0.486. The molecule has 2 aromatic carbocycles. The number of thioether (sulfide) groups is 1. The fraction of sp³-hybridized carbons (Fsp3) is 0.375. The molecule has 4 rings (SSSR count). The van der Waals surface area contributed by atoms with Gasteiger partial charge in [0.25, 0.3) is 0 Å². The molecule has 1 aliphatic carbocycles. The van der Waals surface area contributed by atoms with Crippen molar-refractivity contribution >= 4 is 44.6 Å². The molecule has 0 radical (unpaired) electrons. The molecule has 1 fully saturated rings. The van der Waals surface area contributed by atoms with Crippen LogP contribution in [0.3, 0.4) is 0 Å². The lowest BCUT2D eigenvalue weighted by Crippen LogP contribution is -2.16. The van der Waals surface area contributed by atoms with E-state index >= 15 is 0 Å². The van der Waals surface area contributed by atoms with Gasteiger partial charge in [0.05, 0.1) is 22.2 Å². The zero-order valence-corrected chi connectivity index (χ0v) is 19.5. The van der Waals surface area contributed by atoms with Crippen LogP contribution in [0.5, 0.6) is 5.75 Å². The summed E-state index contributed by atoms with van der Waals surface area (Å²) in [4.78, 5) is 14.2. The van der Waals surface area contributed by atoms with Gasteiger partial charge < -0.3 is 14.4 Å². The Hall–Kier alpha value is -1.92. The first-order valence-corrected chi connectivity index (χ1v) is 12.3. The number of carbonyl (C=O) groups is 1. The summed E-state index contributed by atoms with van der Waals surface area (Å²) in [6.07, 6.45) is 5.87. The largest absolute Gasteiger partial charge is 0.507 e. The first-order chi connectivity index (χ1) is 14.6. The normalized spacial score (nSPS) is 14.9. The minimum Gasteiger partial charge on any atom is -0.507 e. The number of aromatic hydroxyl groups is 1. The van der Waals surface area contributed by atoms with Gasteiger partial charge in [-0.15, -0.1) is 11.8 Å². The number of phenolic OH excluding ortho intramolecular Hbond substituents is 1. The van der Waals surface area contributed by atoms with E-state index in [-0.39, 0.29) is 11.7 Å². The third-order valence-electron chi connectivity index (χ3n) is 5.71. The predicted octanol–water partition coefficient (Wildman–Crippen LogP) is 7.08. The molecule has 6 heteroatoms. The number of phenols is 1. The summed E-state index contributed by atoms with van der Waals surface area (Å²) in [6, 6.07) is 14.2. The van der Waals surface area contributed by atoms with Crippen LogP contribution in [-0.2, 0) is 10.5 Å². The lowest BCUT2D eigenvalue weighted by molar-refractivity contribution is 0.0527. The molecule has 1 heterocycles. The number of aromatic nitrogens is 1. The molecule has 4 nitrogen and oxygen atoms in total. The molecular formula is C24H26BrNO3S. The van der Waals surface area contributed by atoms with Crippen molar-refractivity contribution in [3.05, 3.63) is 58.2 Å². The summed E-state index contributed by atoms with van der Waals surface area (Å²) >= 11 is 5.19. The molecule has 1 aromatic heterocycles. The monoisotopic (exact) mass is 487 g/mol. The summed E-state index contributed by atoms with van der Waals surface area (Å²) in [6.45, 7) is 2.15. The third-order valence-corrected chi connectivity index (χ3v) is 7.37. The van der Waals surface area contributed by atoms with Crippen molar-refractivity contribution in [2.75, 3.05) is 6.61 Å². The van der Waals surface area contributed by atoms with Crippen LogP contribution in [0.2, 0.25) is 0 Å². The van der Waals surface area contributed by atoms with Crippen molar-refractivity contribution in [2.45, 2.75) is 55.7 Å².